The van der Waals surface area contributed by atoms with Crippen molar-refractivity contribution in [2.45, 2.75) is 12.3 Å². The van der Waals surface area contributed by atoms with Crippen LogP contribution in [0.25, 0.3) is 6.08 Å². The summed E-state index contributed by atoms with van der Waals surface area (Å²) in [4.78, 5) is 25.7. The Bertz CT molecular complexity index is 1340. The van der Waals surface area contributed by atoms with Gasteiger partial charge in [0.25, 0.3) is 0 Å². The molecule has 3 aromatic rings. The van der Waals surface area contributed by atoms with Crippen LogP contribution in [0.3, 0.4) is 0 Å². The summed E-state index contributed by atoms with van der Waals surface area (Å²) in [6, 6.07) is 16.0. The molecule has 0 radical (unpaired) electrons. The molecule has 34 heavy (non-hydrogen) atoms. The van der Waals surface area contributed by atoms with Crippen LogP contribution in [0, 0.1) is 0 Å². The second-order valence-electron chi connectivity index (χ2n) is 7.87. The number of hydrogen-bond acceptors (Lipinski definition) is 7. The van der Waals surface area contributed by atoms with Gasteiger partial charge in [0.15, 0.2) is 5.76 Å². The lowest BCUT2D eigenvalue weighted by Gasteiger charge is -2.27. The number of allylic oxidation sites excluding steroid dienone is 1. The molecule has 0 aromatic heterocycles. The molecule has 0 spiro atoms. The van der Waals surface area contributed by atoms with Crippen LogP contribution in [-0.4, -0.2) is 33.1 Å². The van der Waals surface area contributed by atoms with Gasteiger partial charge in [-0.15, -0.1) is 0 Å². The topological polar surface area (TPSA) is 80.3 Å². The van der Waals surface area contributed by atoms with E-state index >= 15 is 0 Å². The first-order valence-electron chi connectivity index (χ1n) is 10.7. The summed E-state index contributed by atoms with van der Waals surface area (Å²) in [6.07, 6.45) is 1.74. The largest absolute Gasteiger partial charge is 0.497 e. The zero-order chi connectivity index (χ0) is 23.8. The summed E-state index contributed by atoms with van der Waals surface area (Å²) in [7, 11) is 4.70. The molecule has 172 valence electrons. The fourth-order valence-corrected chi connectivity index (χ4v) is 4.40. The van der Waals surface area contributed by atoms with Crippen LogP contribution in [0.5, 0.6) is 28.7 Å². The van der Waals surface area contributed by atoms with Crippen LogP contribution >= 0.6 is 0 Å². The molecule has 0 bridgehead atoms. The minimum atomic E-state index is -0.425. The zero-order valence-corrected chi connectivity index (χ0v) is 18.9. The number of carbonyl (C=O) groups is 2. The molecule has 0 fully saturated rings. The van der Waals surface area contributed by atoms with Crippen LogP contribution in [0.15, 0.2) is 60.4 Å². The Morgan fingerprint density at radius 1 is 0.882 bits per heavy atom. The van der Waals surface area contributed by atoms with E-state index in [0.717, 1.165) is 11.1 Å². The van der Waals surface area contributed by atoms with Gasteiger partial charge in [-0.3, -0.25) is 9.59 Å². The van der Waals surface area contributed by atoms with Gasteiger partial charge in [0.05, 0.1) is 33.3 Å². The molecule has 5 rings (SSSR count). The van der Waals surface area contributed by atoms with E-state index in [1.54, 1.807) is 51.7 Å². The Hall–Kier alpha value is -4.26. The Kier molecular flexibility index (Phi) is 5.45. The molecule has 7 nitrogen and oxygen atoms in total. The van der Waals surface area contributed by atoms with E-state index in [2.05, 4.69) is 0 Å². The van der Waals surface area contributed by atoms with Gasteiger partial charge in [0, 0.05) is 28.7 Å². The Balaban J connectivity index is 1.63. The molecular weight excluding hydrogens is 436 g/mol. The fourth-order valence-electron chi connectivity index (χ4n) is 4.40. The van der Waals surface area contributed by atoms with Crippen molar-refractivity contribution in [1.82, 2.24) is 0 Å². The van der Waals surface area contributed by atoms with Crippen molar-refractivity contribution >= 4 is 17.8 Å². The van der Waals surface area contributed by atoms with E-state index in [1.165, 1.54) is 0 Å². The van der Waals surface area contributed by atoms with E-state index < -0.39 is 5.92 Å². The van der Waals surface area contributed by atoms with Crippen LogP contribution in [-0.2, 0) is 4.79 Å². The summed E-state index contributed by atoms with van der Waals surface area (Å²) in [5, 5.41) is 0. The first-order valence-corrected chi connectivity index (χ1v) is 10.7. The van der Waals surface area contributed by atoms with E-state index in [4.69, 9.17) is 23.7 Å². The number of ketones is 1. The summed E-state index contributed by atoms with van der Waals surface area (Å²) in [5.41, 5.74) is 2.54. The normalized spacial score (nSPS) is 17.5. The number of methoxy groups -OCH3 is 3. The highest BCUT2D eigenvalue weighted by Crippen LogP contribution is 2.50. The van der Waals surface area contributed by atoms with Crippen molar-refractivity contribution in [2.75, 3.05) is 21.3 Å². The monoisotopic (exact) mass is 458 g/mol. The molecule has 2 aliphatic heterocycles. The average molecular weight is 458 g/mol. The lowest BCUT2D eigenvalue weighted by molar-refractivity contribution is -0.135. The van der Waals surface area contributed by atoms with E-state index in [1.807, 2.05) is 30.3 Å². The number of para-hydroxylation sites is 1. The van der Waals surface area contributed by atoms with Gasteiger partial charge in [0.2, 0.25) is 5.78 Å². The molecule has 1 unspecified atom stereocenters. The van der Waals surface area contributed by atoms with Gasteiger partial charge in [-0.05, 0) is 30.3 Å². The predicted molar refractivity (Wildman–Crippen MR) is 124 cm³/mol. The van der Waals surface area contributed by atoms with Gasteiger partial charge in [0.1, 0.15) is 28.7 Å². The Labute approximate surface area is 196 Å². The SMILES string of the molecule is COc1ccc(C2CC(=O)Oc3ccc4c(c32)O/C(=C\c2ccccc2OC)C4=O)c(OC)c1. The number of carbonyl (C=O) groups excluding carboxylic acids is 2. The van der Waals surface area contributed by atoms with Crippen LogP contribution in [0.1, 0.15) is 39.4 Å². The number of hydrogen-bond donors (Lipinski definition) is 0. The second kappa shape index (κ2) is 8.59. The highest BCUT2D eigenvalue weighted by molar-refractivity contribution is 6.15. The maximum Gasteiger partial charge on any atom is 0.312 e. The first kappa shape index (κ1) is 21.6. The van der Waals surface area contributed by atoms with Crippen molar-refractivity contribution in [3.05, 3.63) is 82.6 Å². The van der Waals surface area contributed by atoms with Crippen molar-refractivity contribution < 1.29 is 33.3 Å². The molecule has 0 saturated heterocycles. The minimum absolute atomic E-state index is 0.0786. The predicted octanol–water partition coefficient (Wildman–Crippen LogP) is 4.77. The number of ether oxygens (including phenoxy) is 5. The average Bonchev–Trinajstić information content (AvgIpc) is 3.18. The van der Waals surface area contributed by atoms with Crippen molar-refractivity contribution in [3.8, 4) is 28.7 Å². The number of benzene rings is 3. The molecule has 3 aromatic carbocycles. The maximum atomic E-state index is 13.2. The summed E-state index contributed by atoms with van der Waals surface area (Å²) in [5.74, 6) is 1.70. The van der Waals surface area contributed by atoms with E-state index in [9.17, 15) is 9.59 Å². The number of rotatable bonds is 5. The summed E-state index contributed by atoms with van der Waals surface area (Å²) >= 11 is 0. The molecular formula is C27H22O7. The highest BCUT2D eigenvalue weighted by atomic mass is 16.5. The Morgan fingerprint density at radius 3 is 2.44 bits per heavy atom. The van der Waals surface area contributed by atoms with Gasteiger partial charge in [-0.1, -0.05) is 24.3 Å². The molecule has 0 N–H and O–H groups in total. The maximum absolute atomic E-state index is 13.2. The van der Waals surface area contributed by atoms with Crippen LogP contribution in [0.2, 0.25) is 0 Å². The van der Waals surface area contributed by atoms with E-state index in [-0.39, 0.29) is 23.9 Å². The quantitative estimate of drug-likeness (QED) is 0.310. The second-order valence-corrected chi connectivity index (χ2v) is 7.87. The third kappa shape index (κ3) is 3.55. The van der Waals surface area contributed by atoms with Crippen molar-refractivity contribution in [1.29, 1.82) is 0 Å². The van der Waals surface area contributed by atoms with Gasteiger partial charge < -0.3 is 23.7 Å². The fraction of sp³-hybridized carbons (Fsp3) is 0.185. The summed E-state index contributed by atoms with van der Waals surface area (Å²) in [6.45, 7) is 0. The number of Topliss-reactive ketones (excluding diaryl/α,β-unsaturated/α-hetero) is 1. The molecule has 7 heteroatoms. The molecule has 0 amide bonds. The highest BCUT2D eigenvalue weighted by Gasteiger charge is 2.39. The van der Waals surface area contributed by atoms with Gasteiger partial charge in [-0.2, -0.15) is 0 Å². The molecule has 0 aliphatic carbocycles. The van der Waals surface area contributed by atoms with Crippen molar-refractivity contribution in [3.63, 3.8) is 0 Å². The summed E-state index contributed by atoms with van der Waals surface area (Å²) < 4.78 is 27.9. The van der Waals surface area contributed by atoms with Crippen LogP contribution < -0.4 is 23.7 Å². The van der Waals surface area contributed by atoms with Crippen molar-refractivity contribution in [2.24, 2.45) is 0 Å². The standard InChI is InChI=1S/C27H22O7/c1-30-16-8-9-17(22(13-16)32-3)19-14-24(28)33-21-11-10-18-26(29)23(34-27(18)25(19)21)12-15-6-4-5-7-20(15)31-2/h4-13,19H,14H2,1-3H3/b23-12-. The Morgan fingerprint density at radius 2 is 1.68 bits per heavy atom. The molecule has 2 heterocycles. The molecule has 0 saturated carbocycles. The third-order valence-electron chi connectivity index (χ3n) is 6.02. The zero-order valence-electron chi connectivity index (χ0n) is 18.9. The molecule has 1 atom stereocenters. The lowest BCUT2D eigenvalue weighted by atomic mass is 9.84. The number of fused-ring (bicyclic) bond motifs is 3. The number of esters is 1. The van der Waals surface area contributed by atoms with Gasteiger partial charge >= 0.3 is 5.97 Å². The lowest BCUT2D eigenvalue weighted by Crippen LogP contribution is -2.22. The first-order chi connectivity index (χ1) is 16.5. The van der Waals surface area contributed by atoms with Crippen LogP contribution in [0.4, 0.5) is 0 Å². The third-order valence-corrected chi connectivity index (χ3v) is 6.02. The van der Waals surface area contributed by atoms with Gasteiger partial charge in [-0.25, -0.2) is 0 Å². The smallest absolute Gasteiger partial charge is 0.312 e. The molecule has 2 aliphatic rings. The van der Waals surface area contributed by atoms with E-state index in [0.29, 0.717) is 39.9 Å². The minimum Gasteiger partial charge on any atom is -0.497 e.